The summed E-state index contributed by atoms with van der Waals surface area (Å²) >= 11 is 0. The van der Waals surface area contributed by atoms with Gasteiger partial charge in [-0.2, -0.15) is 0 Å². The van der Waals surface area contributed by atoms with Gasteiger partial charge in [0.2, 0.25) is 0 Å². The largest absolute Gasteiger partial charge is 0.386 e. The van der Waals surface area contributed by atoms with Crippen molar-refractivity contribution < 1.29 is 14.3 Å². The summed E-state index contributed by atoms with van der Waals surface area (Å²) < 4.78 is 17.0. The highest BCUT2D eigenvalue weighted by atomic mass is 19.1. The van der Waals surface area contributed by atoms with Crippen molar-refractivity contribution in [3.63, 3.8) is 0 Å². The quantitative estimate of drug-likeness (QED) is 0.530. The lowest BCUT2D eigenvalue weighted by Crippen LogP contribution is -2.25. The molecule has 1 aromatic heterocycles. The molecule has 3 rings (SSSR count). The van der Waals surface area contributed by atoms with Crippen molar-refractivity contribution in [1.82, 2.24) is 9.55 Å². The van der Waals surface area contributed by atoms with Crippen LogP contribution in [0.25, 0.3) is 11.0 Å². The van der Waals surface area contributed by atoms with E-state index in [1.165, 1.54) is 12.5 Å². The Balaban J connectivity index is 1.79. The zero-order valence-corrected chi connectivity index (χ0v) is 19.4. The molecule has 1 saturated carbocycles. The van der Waals surface area contributed by atoms with E-state index in [0.29, 0.717) is 29.3 Å². The van der Waals surface area contributed by atoms with Crippen molar-refractivity contribution in [2.75, 3.05) is 0 Å². The van der Waals surface area contributed by atoms with Crippen LogP contribution in [0.15, 0.2) is 12.1 Å². The summed E-state index contributed by atoms with van der Waals surface area (Å²) in [6.07, 6.45) is 6.33. The Morgan fingerprint density at radius 2 is 1.90 bits per heavy atom. The Morgan fingerprint density at radius 3 is 2.43 bits per heavy atom. The predicted octanol–water partition coefficient (Wildman–Crippen LogP) is 6.09. The van der Waals surface area contributed by atoms with Gasteiger partial charge in [0.15, 0.2) is 5.82 Å². The smallest absolute Gasteiger partial charge is 0.151 e. The van der Waals surface area contributed by atoms with Gasteiger partial charge < -0.3 is 9.67 Å². The first-order valence-corrected chi connectivity index (χ1v) is 11.4. The molecule has 1 aliphatic carbocycles. The number of hydrogen-bond acceptors (Lipinski definition) is 3. The third-order valence-electron chi connectivity index (χ3n) is 6.82. The summed E-state index contributed by atoms with van der Waals surface area (Å²) in [5.41, 5.74) is 0.631. The number of carbonyl (C=O) groups excluding carboxylic acids is 1. The van der Waals surface area contributed by atoms with Crippen LogP contribution in [0.4, 0.5) is 4.39 Å². The fraction of sp³-hybridized carbons (Fsp3) is 0.680. The first-order chi connectivity index (χ1) is 13.9. The van der Waals surface area contributed by atoms with Crippen LogP contribution in [-0.4, -0.2) is 20.4 Å². The van der Waals surface area contributed by atoms with Gasteiger partial charge in [-0.05, 0) is 69.1 Å². The molecule has 0 amide bonds. The monoisotopic (exact) mass is 416 g/mol. The molecule has 1 heterocycles. The molecular formula is C25H37FN2O2. The molecule has 2 aromatic rings. The molecule has 4 nitrogen and oxygen atoms in total. The van der Waals surface area contributed by atoms with Crippen LogP contribution in [0, 0.1) is 17.2 Å². The first-order valence-electron chi connectivity index (χ1n) is 11.4. The van der Waals surface area contributed by atoms with Crippen molar-refractivity contribution in [3.8, 4) is 0 Å². The second kappa shape index (κ2) is 8.41. The van der Waals surface area contributed by atoms with Crippen molar-refractivity contribution in [3.05, 3.63) is 29.3 Å². The number of fused-ring (bicyclic) bond motifs is 1. The van der Waals surface area contributed by atoms with Gasteiger partial charge in [0.05, 0.1) is 11.1 Å². The van der Waals surface area contributed by atoms with Gasteiger partial charge in [0, 0.05) is 24.8 Å². The minimum atomic E-state index is -1.10. The van der Waals surface area contributed by atoms with E-state index in [1.54, 1.807) is 13.8 Å². The maximum Gasteiger partial charge on any atom is 0.151 e. The number of imidazole rings is 1. The summed E-state index contributed by atoms with van der Waals surface area (Å²) in [6, 6.07) is 3.64. The van der Waals surface area contributed by atoms with E-state index in [4.69, 9.17) is 0 Å². The van der Waals surface area contributed by atoms with Gasteiger partial charge in [-0.25, -0.2) is 9.37 Å². The highest BCUT2D eigenvalue weighted by molar-refractivity contribution is 5.81. The Hall–Kier alpha value is -1.75. The molecule has 1 N–H and O–H groups in total. The minimum absolute atomic E-state index is 0.00893. The third kappa shape index (κ3) is 4.77. The van der Waals surface area contributed by atoms with Crippen LogP contribution in [0.1, 0.15) is 97.5 Å². The Bertz CT molecular complexity index is 914. The van der Waals surface area contributed by atoms with Crippen LogP contribution >= 0.6 is 0 Å². The minimum Gasteiger partial charge on any atom is -0.386 e. The average Bonchev–Trinajstić information content (AvgIpc) is 2.94. The Labute approximate surface area is 179 Å². The highest BCUT2D eigenvalue weighted by Gasteiger charge is 2.28. The molecule has 0 unspecified atom stereocenters. The van der Waals surface area contributed by atoms with E-state index in [0.717, 1.165) is 43.4 Å². The summed E-state index contributed by atoms with van der Waals surface area (Å²) in [5, 5.41) is 10.4. The maximum absolute atomic E-state index is 14.8. The Morgan fingerprint density at radius 1 is 1.23 bits per heavy atom. The number of aryl methyl sites for hydroxylation is 1. The SMILES string of the molecule is C[C@H](C(=O)CCCCc1nc2c(F)cc(C(C)(C)O)cc2n1C1CCC1)C(C)(C)C. The van der Waals surface area contributed by atoms with Gasteiger partial charge in [-0.15, -0.1) is 0 Å². The Kier molecular flexibility index (Phi) is 6.43. The number of nitrogens with zero attached hydrogens (tertiary/aromatic N) is 2. The molecule has 5 heteroatoms. The number of carbonyl (C=O) groups is 1. The number of rotatable bonds is 8. The van der Waals surface area contributed by atoms with Crippen LogP contribution in [0.2, 0.25) is 0 Å². The number of unbranched alkanes of at least 4 members (excludes halogenated alkanes) is 1. The average molecular weight is 417 g/mol. The number of aliphatic hydroxyl groups is 1. The molecule has 1 atom stereocenters. The zero-order chi connectivity index (χ0) is 22.3. The second-order valence-electron chi connectivity index (χ2n) is 10.6. The van der Waals surface area contributed by atoms with Crippen LogP contribution in [0.5, 0.6) is 0 Å². The molecular weight excluding hydrogens is 379 g/mol. The first kappa shape index (κ1) is 22.9. The van der Waals surface area contributed by atoms with E-state index in [1.807, 2.05) is 13.0 Å². The number of Topliss-reactive ketones (excluding diaryl/α,β-unsaturated/α-hetero) is 1. The fourth-order valence-electron chi connectivity index (χ4n) is 4.06. The molecule has 0 aliphatic heterocycles. The number of ketones is 1. The molecule has 0 bridgehead atoms. The van der Waals surface area contributed by atoms with Crippen molar-refractivity contribution in [1.29, 1.82) is 0 Å². The zero-order valence-electron chi connectivity index (χ0n) is 19.4. The lowest BCUT2D eigenvalue weighted by Gasteiger charge is -2.29. The third-order valence-corrected chi connectivity index (χ3v) is 6.82. The van der Waals surface area contributed by atoms with Crippen LogP contribution < -0.4 is 0 Å². The number of halogens is 1. The summed E-state index contributed by atoms with van der Waals surface area (Å²) in [6.45, 7) is 11.7. The highest BCUT2D eigenvalue weighted by Crippen LogP contribution is 2.38. The maximum atomic E-state index is 14.8. The van der Waals surface area contributed by atoms with Gasteiger partial charge >= 0.3 is 0 Å². The topological polar surface area (TPSA) is 55.1 Å². The van der Waals surface area contributed by atoms with E-state index in [-0.39, 0.29) is 17.2 Å². The van der Waals surface area contributed by atoms with Crippen molar-refractivity contribution in [2.45, 2.75) is 98.1 Å². The standard InChI is InChI=1S/C25H37FN2O2/c1-16(24(2,3)4)21(29)12-7-8-13-22-27-23-19(26)14-17(25(5,6)30)15-20(23)28(22)18-10-9-11-18/h14-16,18,30H,7-13H2,1-6H3/t16-/m1/s1. The molecule has 0 spiro atoms. The molecule has 1 fully saturated rings. The van der Waals surface area contributed by atoms with E-state index < -0.39 is 5.60 Å². The normalized spacial score (nSPS) is 16.7. The van der Waals surface area contributed by atoms with Crippen molar-refractivity contribution >= 4 is 16.8 Å². The van der Waals surface area contributed by atoms with Crippen LogP contribution in [-0.2, 0) is 16.8 Å². The van der Waals surface area contributed by atoms with Gasteiger partial charge in [0.25, 0.3) is 0 Å². The molecule has 0 radical (unpaired) electrons. The number of aromatic nitrogens is 2. The van der Waals surface area contributed by atoms with Crippen molar-refractivity contribution in [2.24, 2.45) is 11.3 Å². The molecule has 1 aliphatic rings. The molecule has 0 saturated heterocycles. The fourth-order valence-corrected chi connectivity index (χ4v) is 4.06. The second-order valence-corrected chi connectivity index (χ2v) is 10.6. The summed E-state index contributed by atoms with van der Waals surface area (Å²) in [4.78, 5) is 17.1. The molecule has 30 heavy (non-hydrogen) atoms. The van der Waals surface area contributed by atoms with Crippen LogP contribution in [0.3, 0.4) is 0 Å². The summed E-state index contributed by atoms with van der Waals surface area (Å²) in [5.74, 6) is 0.887. The van der Waals surface area contributed by atoms with Gasteiger partial charge in [-0.3, -0.25) is 4.79 Å². The lowest BCUT2D eigenvalue weighted by atomic mass is 9.78. The molecule has 166 valence electrons. The number of hydrogen-bond donors (Lipinski definition) is 1. The van der Waals surface area contributed by atoms with Gasteiger partial charge in [0.1, 0.15) is 17.1 Å². The predicted molar refractivity (Wildman–Crippen MR) is 119 cm³/mol. The van der Waals surface area contributed by atoms with E-state index in [9.17, 15) is 14.3 Å². The number of benzene rings is 1. The lowest BCUT2D eigenvalue weighted by molar-refractivity contribution is -0.125. The van der Waals surface area contributed by atoms with E-state index in [2.05, 4.69) is 30.3 Å². The molecule has 1 aromatic carbocycles. The summed E-state index contributed by atoms with van der Waals surface area (Å²) in [7, 11) is 0. The van der Waals surface area contributed by atoms with E-state index >= 15 is 0 Å². The van der Waals surface area contributed by atoms with Gasteiger partial charge in [-0.1, -0.05) is 27.7 Å².